The van der Waals surface area contributed by atoms with Crippen LogP contribution in [0.4, 0.5) is 5.69 Å². The van der Waals surface area contributed by atoms with E-state index in [0.717, 1.165) is 0 Å². The Morgan fingerprint density at radius 3 is 2.38 bits per heavy atom. The lowest BCUT2D eigenvalue weighted by atomic mass is 10.2. The van der Waals surface area contributed by atoms with E-state index in [4.69, 9.17) is 44.3 Å². The molecule has 0 atom stereocenters. The van der Waals surface area contributed by atoms with Gasteiger partial charge in [0.15, 0.2) is 5.76 Å². The van der Waals surface area contributed by atoms with Crippen molar-refractivity contribution in [3.63, 3.8) is 0 Å². The summed E-state index contributed by atoms with van der Waals surface area (Å²) < 4.78 is 5.54. The number of nitrogens with one attached hydrogen (secondary N) is 1. The van der Waals surface area contributed by atoms with Gasteiger partial charge in [-0.1, -0.05) is 34.8 Å². The van der Waals surface area contributed by atoms with Crippen LogP contribution in [-0.4, -0.2) is 17.0 Å². The fourth-order valence-corrected chi connectivity index (χ4v) is 2.78. The fraction of sp³-hybridized carbons (Fsp3) is 0. The topological polar surface area (TPSA) is 79.5 Å². The van der Waals surface area contributed by atoms with Crippen molar-refractivity contribution in [3.8, 4) is 11.3 Å². The molecule has 2 N–H and O–H groups in total. The maximum atomic E-state index is 12.4. The number of benzene rings is 2. The Hall–Kier alpha value is -2.47. The van der Waals surface area contributed by atoms with Gasteiger partial charge in [-0.25, -0.2) is 4.79 Å². The van der Waals surface area contributed by atoms with E-state index in [1.165, 1.54) is 24.3 Å². The predicted molar refractivity (Wildman–Crippen MR) is 101 cm³/mol. The smallest absolute Gasteiger partial charge is 0.335 e. The Balaban J connectivity index is 1.86. The minimum atomic E-state index is -1.13. The number of hydrogen-bond acceptors (Lipinski definition) is 3. The number of carboxylic acids is 1. The van der Waals surface area contributed by atoms with Crippen LogP contribution in [0.3, 0.4) is 0 Å². The summed E-state index contributed by atoms with van der Waals surface area (Å²) in [6.07, 6.45) is 0. The SMILES string of the molecule is O=C(O)c1ccc(Cl)c(NC(=O)c2ccc(-c3cc(Cl)ccc3Cl)o2)c1. The molecule has 5 nitrogen and oxygen atoms in total. The van der Waals surface area contributed by atoms with Gasteiger partial charge >= 0.3 is 5.97 Å². The second-order valence-electron chi connectivity index (χ2n) is 5.24. The van der Waals surface area contributed by atoms with Gasteiger partial charge in [0.05, 0.1) is 21.3 Å². The molecule has 0 saturated heterocycles. The van der Waals surface area contributed by atoms with E-state index in [1.54, 1.807) is 24.3 Å². The number of carbonyl (C=O) groups excluding carboxylic acids is 1. The lowest BCUT2D eigenvalue weighted by Gasteiger charge is -2.07. The first-order chi connectivity index (χ1) is 12.3. The largest absolute Gasteiger partial charge is 0.478 e. The zero-order valence-corrected chi connectivity index (χ0v) is 15.2. The summed E-state index contributed by atoms with van der Waals surface area (Å²) in [5.41, 5.74) is 0.704. The average molecular weight is 411 g/mol. The van der Waals surface area contributed by atoms with Crippen molar-refractivity contribution in [1.82, 2.24) is 0 Å². The monoisotopic (exact) mass is 409 g/mol. The third kappa shape index (κ3) is 3.85. The standard InChI is InChI=1S/C18H10Cl3NO4/c19-10-2-4-12(20)11(8-10)15-5-6-16(26-15)17(23)22-14-7-9(18(24)25)1-3-13(14)21/h1-8H,(H,22,23)(H,24,25). The molecule has 2 aromatic carbocycles. The summed E-state index contributed by atoms with van der Waals surface area (Å²) >= 11 is 18.1. The Kier molecular flexibility index (Phi) is 5.23. The molecule has 0 spiro atoms. The highest BCUT2D eigenvalue weighted by Gasteiger charge is 2.16. The number of anilines is 1. The van der Waals surface area contributed by atoms with Crippen molar-refractivity contribution in [2.75, 3.05) is 5.32 Å². The summed E-state index contributed by atoms with van der Waals surface area (Å²) in [4.78, 5) is 23.4. The van der Waals surface area contributed by atoms with E-state index in [-0.39, 0.29) is 22.0 Å². The highest BCUT2D eigenvalue weighted by atomic mass is 35.5. The van der Waals surface area contributed by atoms with Crippen LogP contribution in [0.1, 0.15) is 20.9 Å². The van der Waals surface area contributed by atoms with E-state index in [9.17, 15) is 9.59 Å². The zero-order valence-electron chi connectivity index (χ0n) is 12.9. The molecule has 1 amide bonds. The van der Waals surface area contributed by atoms with E-state index in [1.807, 2.05) is 0 Å². The molecule has 0 aliphatic heterocycles. The minimum Gasteiger partial charge on any atom is -0.478 e. The van der Waals surface area contributed by atoms with E-state index in [0.29, 0.717) is 21.4 Å². The summed E-state index contributed by atoms with van der Waals surface area (Å²) in [6.45, 7) is 0. The van der Waals surface area contributed by atoms with Gasteiger partial charge < -0.3 is 14.8 Å². The Labute approximate surface area is 163 Å². The maximum absolute atomic E-state index is 12.4. The number of carboxylic acid groups (broad SMARTS) is 1. The normalized spacial score (nSPS) is 10.6. The van der Waals surface area contributed by atoms with Crippen molar-refractivity contribution in [2.45, 2.75) is 0 Å². The number of hydrogen-bond donors (Lipinski definition) is 2. The molecule has 132 valence electrons. The molecule has 0 fully saturated rings. The summed E-state index contributed by atoms with van der Waals surface area (Å²) in [5.74, 6) is -1.34. The Bertz CT molecular complexity index is 1010. The molecule has 0 saturated carbocycles. The van der Waals surface area contributed by atoms with Crippen LogP contribution >= 0.6 is 34.8 Å². The third-order valence-corrected chi connectivity index (χ3v) is 4.38. The Morgan fingerprint density at radius 2 is 1.65 bits per heavy atom. The van der Waals surface area contributed by atoms with Crippen molar-refractivity contribution >= 4 is 52.4 Å². The zero-order chi connectivity index (χ0) is 18.8. The van der Waals surface area contributed by atoms with Crippen molar-refractivity contribution < 1.29 is 19.1 Å². The molecular formula is C18H10Cl3NO4. The van der Waals surface area contributed by atoms with Gasteiger partial charge in [0.1, 0.15) is 5.76 Å². The van der Waals surface area contributed by atoms with Crippen LogP contribution < -0.4 is 5.32 Å². The van der Waals surface area contributed by atoms with Crippen LogP contribution in [0.2, 0.25) is 15.1 Å². The fourth-order valence-electron chi connectivity index (χ4n) is 2.23. The van der Waals surface area contributed by atoms with Crippen LogP contribution in [0, 0.1) is 0 Å². The van der Waals surface area contributed by atoms with Crippen LogP contribution in [-0.2, 0) is 0 Å². The van der Waals surface area contributed by atoms with Gasteiger partial charge in [-0.2, -0.15) is 0 Å². The van der Waals surface area contributed by atoms with Gasteiger partial charge in [-0.3, -0.25) is 4.79 Å². The van der Waals surface area contributed by atoms with Crippen LogP contribution in [0.5, 0.6) is 0 Å². The highest BCUT2D eigenvalue weighted by molar-refractivity contribution is 6.35. The summed E-state index contributed by atoms with van der Waals surface area (Å²) in [5, 5.41) is 12.7. The molecular weight excluding hydrogens is 401 g/mol. The van der Waals surface area contributed by atoms with Gasteiger partial charge in [0.2, 0.25) is 0 Å². The molecule has 0 aliphatic rings. The molecule has 0 radical (unpaired) electrons. The van der Waals surface area contributed by atoms with Crippen molar-refractivity contribution in [1.29, 1.82) is 0 Å². The lowest BCUT2D eigenvalue weighted by molar-refractivity contribution is 0.0696. The molecule has 0 unspecified atom stereocenters. The average Bonchev–Trinajstić information content (AvgIpc) is 3.08. The number of halogens is 3. The Morgan fingerprint density at radius 1 is 0.923 bits per heavy atom. The molecule has 3 aromatic rings. The first kappa shape index (κ1) is 18.3. The van der Waals surface area contributed by atoms with Crippen LogP contribution in [0.15, 0.2) is 52.9 Å². The van der Waals surface area contributed by atoms with Crippen molar-refractivity contribution in [2.24, 2.45) is 0 Å². The molecule has 8 heteroatoms. The van der Waals surface area contributed by atoms with Crippen LogP contribution in [0.25, 0.3) is 11.3 Å². The molecule has 0 bridgehead atoms. The first-order valence-corrected chi connectivity index (χ1v) is 8.38. The molecule has 1 aromatic heterocycles. The quantitative estimate of drug-likeness (QED) is 0.565. The highest BCUT2D eigenvalue weighted by Crippen LogP contribution is 2.32. The molecule has 1 heterocycles. The molecule has 3 rings (SSSR count). The summed E-state index contributed by atoms with van der Waals surface area (Å²) in [6, 6.07) is 11.9. The molecule has 26 heavy (non-hydrogen) atoms. The van der Waals surface area contributed by atoms with Gasteiger partial charge in [0.25, 0.3) is 5.91 Å². The van der Waals surface area contributed by atoms with E-state index < -0.39 is 11.9 Å². The number of rotatable bonds is 4. The van der Waals surface area contributed by atoms with Gasteiger partial charge in [-0.15, -0.1) is 0 Å². The molecule has 0 aliphatic carbocycles. The third-order valence-electron chi connectivity index (χ3n) is 3.49. The van der Waals surface area contributed by atoms with Gasteiger partial charge in [0, 0.05) is 10.6 Å². The van der Waals surface area contributed by atoms with E-state index in [2.05, 4.69) is 5.32 Å². The van der Waals surface area contributed by atoms with Gasteiger partial charge in [-0.05, 0) is 48.5 Å². The minimum absolute atomic E-state index is 0.00413. The van der Waals surface area contributed by atoms with E-state index >= 15 is 0 Å². The number of carbonyl (C=O) groups is 2. The predicted octanol–water partition coefficient (Wildman–Crippen LogP) is 5.86. The van der Waals surface area contributed by atoms with Crippen molar-refractivity contribution in [3.05, 3.63) is 74.9 Å². The summed E-state index contributed by atoms with van der Waals surface area (Å²) in [7, 11) is 0. The number of amides is 1. The maximum Gasteiger partial charge on any atom is 0.335 e. The second kappa shape index (κ2) is 7.41. The number of aromatic carboxylic acids is 1. The lowest BCUT2D eigenvalue weighted by Crippen LogP contribution is -2.12. The number of furan rings is 1. The second-order valence-corrected chi connectivity index (χ2v) is 6.49. The first-order valence-electron chi connectivity index (χ1n) is 7.24.